The molecule has 0 saturated carbocycles. The van der Waals surface area contributed by atoms with Crippen LogP contribution in [0.2, 0.25) is 0 Å². The van der Waals surface area contributed by atoms with E-state index in [0.717, 1.165) is 41.5 Å². The van der Waals surface area contributed by atoms with Crippen LogP contribution < -0.4 is 11.1 Å². The van der Waals surface area contributed by atoms with Crippen LogP contribution >= 0.6 is 11.8 Å². The fourth-order valence-electron chi connectivity index (χ4n) is 4.96. The second-order valence-electron chi connectivity index (χ2n) is 10.8. The summed E-state index contributed by atoms with van der Waals surface area (Å²) in [6.45, 7) is 2.58. The van der Waals surface area contributed by atoms with Crippen molar-refractivity contribution >= 4 is 23.6 Å². The van der Waals surface area contributed by atoms with E-state index in [0.29, 0.717) is 38.6 Å². The fourth-order valence-corrected chi connectivity index (χ4v) is 5.64. The number of hydrogen-bond donors (Lipinski definition) is 6. The average Bonchev–Trinajstić information content (AvgIpc) is 2.96. The van der Waals surface area contributed by atoms with Crippen molar-refractivity contribution in [3.8, 4) is 0 Å². The standard InChI is InChI=1S/C31H44N2O7S/c1-19-10-15-22(29-27(36)26(35)28(37)31(40-29)41-2)18-23(19)17-21-13-11-20(12-14-21)7-3-4-9-25(34)33-16-6-5-8-24(32)30(38)39/h10-15,18,24,26-29,31,35-37H,3-9,16-17,32H2,1-2H3,(H,33,34)(H,38,39)/t24-,26+,27+,28-,29-,31+/m0/s1. The zero-order valence-electron chi connectivity index (χ0n) is 23.9. The van der Waals surface area contributed by atoms with E-state index >= 15 is 0 Å². The second kappa shape index (κ2) is 16.2. The summed E-state index contributed by atoms with van der Waals surface area (Å²) in [7, 11) is 0. The first kappa shape index (κ1) is 33.0. The van der Waals surface area contributed by atoms with E-state index in [9.17, 15) is 24.9 Å². The number of rotatable bonds is 15. The number of hydrogen-bond acceptors (Lipinski definition) is 8. The van der Waals surface area contributed by atoms with Gasteiger partial charge in [-0.1, -0.05) is 42.5 Å². The van der Waals surface area contributed by atoms with Crippen molar-refractivity contribution in [2.24, 2.45) is 5.73 Å². The number of aryl methyl sites for hydroxylation is 2. The summed E-state index contributed by atoms with van der Waals surface area (Å²) in [6.07, 6.45) is 2.98. The molecule has 6 atom stereocenters. The van der Waals surface area contributed by atoms with Gasteiger partial charge in [0.15, 0.2) is 0 Å². The van der Waals surface area contributed by atoms with Crippen molar-refractivity contribution in [2.75, 3.05) is 12.8 Å². The minimum absolute atomic E-state index is 0.0151. The van der Waals surface area contributed by atoms with Gasteiger partial charge < -0.3 is 36.2 Å². The number of carbonyl (C=O) groups excluding carboxylic acids is 1. The predicted octanol–water partition coefficient (Wildman–Crippen LogP) is 2.84. The molecule has 1 saturated heterocycles. The summed E-state index contributed by atoms with van der Waals surface area (Å²) in [6, 6.07) is 13.5. The van der Waals surface area contributed by atoms with Crippen molar-refractivity contribution in [3.05, 3.63) is 70.3 Å². The Morgan fingerprint density at radius 1 is 0.976 bits per heavy atom. The maximum Gasteiger partial charge on any atom is 0.320 e. The number of aliphatic hydroxyl groups is 3. The van der Waals surface area contributed by atoms with Crippen molar-refractivity contribution in [2.45, 2.75) is 94.2 Å². The molecule has 1 aliphatic heterocycles. The van der Waals surface area contributed by atoms with Gasteiger partial charge in [-0.05, 0) is 85.9 Å². The molecule has 0 unspecified atom stereocenters. The molecule has 10 heteroatoms. The Morgan fingerprint density at radius 3 is 2.37 bits per heavy atom. The van der Waals surface area contributed by atoms with E-state index in [2.05, 4.69) is 29.6 Å². The lowest BCUT2D eigenvalue weighted by atomic mass is 9.91. The number of carboxylic acids is 1. The molecule has 1 amide bonds. The Balaban J connectivity index is 1.43. The number of nitrogens with two attached hydrogens (primary N) is 1. The van der Waals surface area contributed by atoms with Crippen molar-refractivity contribution in [1.29, 1.82) is 0 Å². The summed E-state index contributed by atoms with van der Waals surface area (Å²) in [4.78, 5) is 22.7. The first-order valence-electron chi connectivity index (χ1n) is 14.3. The summed E-state index contributed by atoms with van der Waals surface area (Å²) in [5.74, 6) is -0.980. The van der Waals surface area contributed by atoms with Gasteiger partial charge in [0.2, 0.25) is 5.91 Å². The molecule has 1 aliphatic rings. The maximum absolute atomic E-state index is 12.0. The third-order valence-corrected chi connectivity index (χ3v) is 8.48. The summed E-state index contributed by atoms with van der Waals surface area (Å²) in [5.41, 5.74) is 10.2. The van der Waals surface area contributed by atoms with Crippen molar-refractivity contribution < 1.29 is 34.8 Å². The lowest BCUT2D eigenvalue weighted by Gasteiger charge is -2.40. The molecule has 7 N–H and O–H groups in total. The number of unbranched alkanes of at least 4 members (excludes halogenated alkanes) is 2. The van der Waals surface area contributed by atoms with E-state index in [1.807, 2.05) is 25.1 Å². The number of nitrogens with one attached hydrogen (secondary N) is 1. The summed E-state index contributed by atoms with van der Waals surface area (Å²) < 4.78 is 5.94. The number of thioether (sulfide) groups is 1. The highest BCUT2D eigenvalue weighted by Gasteiger charge is 2.44. The molecule has 226 valence electrons. The molecule has 1 heterocycles. The van der Waals surface area contributed by atoms with Crippen LogP contribution in [-0.4, -0.2) is 74.9 Å². The summed E-state index contributed by atoms with van der Waals surface area (Å²) in [5, 5.41) is 42.7. The molecule has 41 heavy (non-hydrogen) atoms. The van der Waals surface area contributed by atoms with Gasteiger partial charge in [-0.15, -0.1) is 11.8 Å². The van der Waals surface area contributed by atoms with E-state index in [4.69, 9.17) is 15.6 Å². The molecular formula is C31H44N2O7S. The maximum atomic E-state index is 12.0. The van der Waals surface area contributed by atoms with Crippen molar-refractivity contribution in [1.82, 2.24) is 5.32 Å². The Morgan fingerprint density at radius 2 is 1.68 bits per heavy atom. The zero-order valence-corrected chi connectivity index (χ0v) is 24.7. The quantitative estimate of drug-likeness (QED) is 0.172. The van der Waals surface area contributed by atoms with Gasteiger partial charge in [-0.25, -0.2) is 0 Å². The van der Waals surface area contributed by atoms with Gasteiger partial charge in [-0.2, -0.15) is 0 Å². The van der Waals surface area contributed by atoms with Gasteiger partial charge >= 0.3 is 5.97 Å². The van der Waals surface area contributed by atoms with Crippen LogP contribution in [-0.2, 0) is 27.2 Å². The van der Waals surface area contributed by atoms with Gasteiger partial charge in [0.05, 0.1) is 0 Å². The molecule has 0 bridgehead atoms. The lowest BCUT2D eigenvalue weighted by molar-refractivity contribution is -0.200. The first-order valence-corrected chi connectivity index (χ1v) is 15.5. The van der Waals surface area contributed by atoms with E-state index in [-0.39, 0.29) is 5.91 Å². The van der Waals surface area contributed by atoms with Crippen LogP contribution in [0.5, 0.6) is 0 Å². The zero-order chi connectivity index (χ0) is 29.9. The molecule has 0 radical (unpaired) electrons. The number of carboxylic acid groups (broad SMARTS) is 1. The summed E-state index contributed by atoms with van der Waals surface area (Å²) >= 11 is 1.30. The normalized spacial score (nSPS) is 23.2. The largest absolute Gasteiger partial charge is 0.480 e. The minimum Gasteiger partial charge on any atom is -0.480 e. The fraction of sp³-hybridized carbons (Fsp3) is 0.548. The second-order valence-corrected chi connectivity index (χ2v) is 11.7. The monoisotopic (exact) mass is 588 g/mol. The van der Waals surface area contributed by atoms with E-state index < -0.39 is 41.9 Å². The highest BCUT2D eigenvalue weighted by Crippen LogP contribution is 2.36. The highest BCUT2D eigenvalue weighted by atomic mass is 32.2. The first-order chi connectivity index (χ1) is 19.6. The molecule has 2 aromatic carbocycles. The molecule has 0 spiro atoms. The molecule has 0 aromatic heterocycles. The molecule has 3 rings (SSSR count). The van der Waals surface area contributed by atoms with Crippen LogP contribution in [0.15, 0.2) is 42.5 Å². The molecule has 9 nitrogen and oxygen atoms in total. The van der Waals surface area contributed by atoms with Crippen LogP contribution in [0.1, 0.15) is 72.4 Å². The van der Waals surface area contributed by atoms with E-state index in [1.165, 1.54) is 17.3 Å². The highest BCUT2D eigenvalue weighted by molar-refractivity contribution is 7.99. The number of aliphatic hydroxyl groups excluding tert-OH is 3. The third-order valence-electron chi connectivity index (χ3n) is 7.62. The van der Waals surface area contributed by atoms with Crippen LogP contribution in [0.25, 0.3) is 0 Å². The van der Waals surface area contributed by atoms with Crippen LogP contribution in [0, 0.1) is 6.92 Å². The van der Waals surface area contributed by atoms with Gasteiger partial charge in [0.25, 0.3) is 0 Å². The SMILES string of the molecule is CS[C@H]1O[C@@H](c2ccc(C)c(Cc3ccc(CCCCC(=O)NCCCC[C@H](N)C(=O)O)cc3)c2)[C@H](O)[C@@H](O)[C@@H]1O. The number of aliphatic carboxylic acids is 1. The van der Waals surface area contributed by atoms with Crippen LogP contribution in [0.4, 0.5) is 0 Å². The third kappa shape index (κ3) is 9.80. The molecule has 2 aromatic rings. The average molecular weight is 589 g/mol. The molecule has 1 fully saturated rings. The topological polar surface area (TPSA) is 162 Å². The number of benzene rings is 2. The smallest absolute Gasteiger partial charge is 0.320 e. The van der Waals surface area contributed by atoms with Gasteiger partial charge in [0, 0.05) is 13.0 Å². The Labute approximate surface area is 246 Å². The van der Waals surface area contributed by atoms with Gasteiger partial charge in [-0.3, -0.25) is 9.59 Å². The number of amides is 1. The Kier molecular flexibility index (Phi) is 13.1. The van der Waals surface area contributed by atoms with Crippen molar-refractivity contribution in [3.63, 3.8) is 0 Å². The molecular weight excluding hydrogens is 544 g/mol. The number of carbonyl (C=O) groups is 2. The van der Waals surface area contributed by atoms with Crippen LogP contribution in [0.3, 0.4) is 0 Å². The van der Waals surface area contributed by atoms with Gasteiger partial charge in [0.1, 0.15) is 35.9 Å². The molecule has 0 aliphatic carbocycles. The Hall–Kier alpha value is -2.47. The van der Waals surface area contributed by atoms with E-state index in [1.54, 1.807) is 6.26 Å². The lowest BCUT2D eigenvalue weighted by Crippen LogP contribution is -2.52. The predicted molar refractivity (Wildman–Crippen MR) is 160 cm³/mol. The minimum atomic E-state index is -1.28. The number of ether oxygens (including phenoxy) is 1. The Bertz CT molecular complexity index is 1130.